The third-order valence-corrected chi connectivity index (χ3v) is 7.02. The molecule has 1 amide bonds. The Morgan fingerprint density at radius 1 is 1.07 bits per heavy atom. The van der Waals surface area contributed by atoms with Crippen LogP contribution in [-0.4, -0.2) is 31.7 Å². The van der Waals surface area contributed by atoms with Crippen molar-refractivity contribution in [3.05, 3.63) is 88.4 Å². The molecule has 148 valence electrons. The number of carbonyl (C=O) groups is 1. The van der Waals surface area contributed by atoms with Gasteiger partial charge < -0.3 is 4.74 Å². The Morgan fingerprint density at radius 3 is 2.55 bits per heavy atom. The van der Waals surface area contributed by atoms with E-state index in [1.165, 1.54) is 16.2 Å². The highest BCUT2D eigenvalue weighted by molar-refractivity contribution is 8.00. The first-order valence-corrected chi connectivity index (χ1v) is 11.5. The third kappa shape index (κ3) is 4.08. The zero-order valence-electron chi connectivity index (χ0n) is 15.4. The third-order valence-electron chi connectivity index (χ3n) is 4.41. The summed E-state index contributed by atoms with van der Waals surface area (Å²) in [6, 6.07) is 17.7. The summed E-state index contributed by atoms with van der Waals surface area (Å²) in [4.78, 5) is 20.2. The maximum Gasteiger partial charge on any atom is 0.296 e. The summed E-state index contributed by atoms with van der Waals surface area (Å²) in [5, 5.41) is 1.92. The summed E-state index contributed by atoms with van der Waals surface area (Å²) < 4.78 is 31.4. The zero-order valence-corrected chi connectivity index (χ0v) is 17.0. The van der Waals surface area contributed by atoms with Crippen molar-refractivity contribution < 1.29 is 17.9 Å². The predicted octanol–water partition coefficient (Wildman–Crippen LogP) is 3.49. The second-order valence-electron chi connectivity index (χ2n) is 6.35. The lowest BCUT2D eigenvalue weighted by Gasteiger charge is -2.26. The second-order valence-corrected chi connectivity index (χ2v) is 9.43. The summed E-state index contributed by atoms with van der Waals surface area (Å²) in [5.41, 5.74) is 0.438. The number of amides is 1. The topological polar surface area (TPSA) is 76.6 Å². The Kier molecular flexibility index (Phi) is 5.46. The molecule has 0 aliphatic carbocycles. The van der Waals surface area contributed by atoms with Crippen molar-refractivity contribution >= 4 is 37.8 Å². The predicted molar refractivity (Wildman–Crippen MR) is 113 cm³/mol. The highest BCUT2D eigenvalue weighted by atomic mass is 32.2. The first kappa shape index (κ1) is 19.4. The number of hydrogen-bond acceptors (Lipinski definition) is 6. The van der Waals surface area contributed by atoms with E-state index in [1.54, 1.807) is 54.7 Å². The van der Waals surface area contributed by atoms with Crippen LogP contribution in [0.25, 0.3) is 4.91 Å². The fourth-order valence-corrected chi connectivity index (χ4v) is 5.20. The average Bonchev–Trinajstić information content (AvgIpc) is 3.25. The standard InChI is InChI=1S/C21H18N2O4S2/c24-21(23(15-17-9-6-13-28-17)18-10-4-5-11-22-18)19-20(16-7-2-1-3-8-16)29(25,26)14-12-27-19/h1-11,13H,12,14-15H2. The molecule has 0 saturated heterocycles. The summed E-state index contributed by atoms with van der Waals surface area (Å²) in [6.45, 7) is 0.206. The monoisotopic (exact) mass is 426 g/mol. The van der Waals surface area contributed by atoms with Crippen molar-refractivity contribution in [2.45, 2.75) is 6.54 Å². The van der Waals surface area contributed by atoms with Crippen LogP contribution >= 0.6 is 11.3 Å². The fourth-order valence-electron chi connectivity index (χ4n) is 3.07. The Hall–Kier alpha value is -2.97. The van der Waals surface area contributed by atoms with Crippen LogP contribution in [-0.2, 0) is 25.9 Å². The van der Waals surface area contributed by atoms with Gasteiger partial charge in [-0.3, -0.25) is 9.69 Å². The van der Waals surface area contributed by atoms with Crippen LogP contribution in [0.2, 0.25) is 0 Å². The number of ether oxygens (including phenoxy) is 1. The van der Waals surface area contributed by atoms with E-state index >= 15 is 0 Å². The van der Waals surface area contributed by atoms with Crippen molar-refractivity contribution in [2.75, 3.05) is 17.3 Å². The highest BCUT2D eigenvalue weighted by Gasteiger charge is 2.36. The molecule has 0 atom stereocenters. The van der Waals surface area contributed by atoms with E-state index in [-0.39, 0.29) is 29.6 Å². The Morgan fingerprint density at radius 2 is 1.86 bits per heavy atom. The molecule has 0 fully saturated rings. The second kappa shape index (κ2) is 8.18. The van der Waals surface area contributed by atoms with E-state index in [0.29, 0.717) is 11.4 Å². The largest absolute Gasteiger partial charge is 0.486 e. The Labute approximate surface area is 173 Å². The van der Waals surface area contributed by atoms with Gasteiger partial charge in [-0.2, -0.15) is 0 Å². The zero-order chi connectivity index (χ0) is 20.3. The first-order chi connectivity index (χ1) is 14.1. The molecule has 0 saturated carbocycles. The van der Waals surface area contributed by atoms with Crippen molar-refractivity contribution in [1.82, 2.24) is 4.98 Å². The van der Waals surface area contributed by atoms with E-state index < -0.39 is 15.7 Å². The Bertz CT molecular complexity index is 1130. The summed E-state index contributed by atoms with van der Waals surface area (Å²) in [7, 11) is -3.66. The smallest absolute Gasteiger partial charge is 0.296 e. The van der Waals surface area contributed by atoms with Crippen molar-refractivity contribution in [1.29, 1.82) is 0 Å². The number of carbonyl (C=O) groups excluding carboxylic acids is 1. The van der Waals surface area contributed by atoms with Crippen molar-refractivity contribution in [2.24, 2.45) is 0 Å². The number of thiophene rings is 1. The first-order valence-electron chi connectivity index (χ1n) is 8.97. The maximum absolute atomic E-state index is 13.5. The average molecular weight is 427 g/mol. The lowest BCUT2D eigenvalue weighted by molar-refractivity contribution is -0.118. The molecule has 1 aromatic carbocycles. The van der Waals surface area contributed by atoms with Crippen LogP contribution in [0.15, 0.2) is 78.0 Å². The summed E-state index contributed by atoms with van der Waals surface area (Å²) in [6.07, 6.45) is 1.59. The van der Waals surface area contributed by atoms with Crippen LogP contribution in [0.1, 0.15) is 10.4 Å². The number of hydrogen-bond donors (Lipinski definition) is 0. The molecule has 0 N–H and O–H groups in total. The number of anilines is 1. The van der Waals surface area contributed by atoms with Gasteiger partial charge in [-0.25, -0.2) is 13.4 Å². The molecule has 1 aliphatic heterocycles. The van der Waals surface area contributed by atoms with E-state index in [9.17, 15) is 13.2 Å². The molecule has 3 aromatic rings. The van der Waals surface area contributed by atoms with Gasteiger partial charge in [-0.15, -0.1) is 11.3 Å². The minimum Gasteiger partial charge on any atom is -0.486 e. The van der Waals surface area contributed by atoms with Crippen LogP contribution in [0, 0.1) is 0 Å². The number of sulfone groups is 1. The van der Waals surface area contributed by atoms with Crippen LogP contribution in [0.4, 0.5) is 5.82 Å². The molecule has 2 aromatic heterocycles. The van der Waals surface area contributed by atoms with Crippen molar-refractivity contribution in [3.63, 3.8) is 0 Å². The molecule has 29 heavy (non-hydrogen) atoms. The SMILES string of the molecule is O=C(C1=C(c2ccccc2)S(=O)(=O)CCO1)N(Cc1cccs1)c1ccccn1. The molecule has 1 aliphatic rings. The minimum absolute atomic E-state index is 0.0607. The van der Waals surface area contributed by atoms with Gasteiger partial charge in [0, 0.05) is 11.1 Å². The maximum atomic E-state index is 13.5. The van der Waals surface area contributed by atoms with Gasteiger partial charge in [0.1, 0.15) is 17.3 Å². The van der Waals surface area contributed by atoms with Gasteiger partial charge in [-0.05, 0) is 29.1 Å². The van der Waals surface area contributed by atoms with E-state index in [0.717, 1.165) is 4.88 Å². The fraction of sp³-hybridized carbons (Fsp3) is 0.143. The normalized spacial score (nSPS) is 15.6. The van der Waals surface area contributed by atoms with Gasteiger partial charge in [0.2, 0.25) is 5.76 Å². The van der Waals surface area contributed by atoms with Gasteiger partial charge in [-0.1, -0.05) is 42.5 Å². The molecule has 4 rings (SSSR count). The number of aromatic nitrogens is 1. The number of pyridine rings is 1. The van der Waals surface area contributed by atoms with Gasteiger partial charge in [0.25, 0.3) is 5.91 Å². The molecular weight excluding hydrogens is 408 g/mol. The quantitative estimate of drug-likeness (QED) is 0.624. The number of nitrogens with zero attached hydrogens (tertiary/aromatic N) is 2. The van der Waals surface area contributed by atoms with E-state index in [4.69, 9.17) is 4.74 Å². The lowest BCUT2D eigenvalue weighted by atomic mass is 10.2. The van der Waals surface area contributed by atoms with Crippen LogP contribution in [0.5, 0.6) is 0 Å². The Balaban J connectivity index is 1.84. The molecule has 0 radical (unpaired) electrons. The molecule has 3 heterocycles. The molecule has 0 unspecified atom stereocenters. The molecule has 8 heteroatoms. The minimum atomic E-state index is -3.66. The summed E-state index contributed by atoms with van der Waals surface area (Å²) in [5.74, 6) is -0.427. The lowest BCUT2D eigenvalue weighted by Crippen LogP contribution is -2.36. The van der Waals surface area contributed by atoms with E-state index in [1.807, 2.05) is 17.5 Å². The van der Waals surface area contributed by atoms with Crippen LogP contribution in [0.3, 0.4) is 0 Å². The highest BCUT2D eigenvalue weighted by Crippen LogP contribution is 2.32. The van der Waals surface area contributed by atoms with Gasteiger partial charge >= 0.3 is 0 Å². The molecule has 6 nitrogen and oxygen atoms in total. The molecular formula is C21H18N2O4S2. The van der Waals surface area contributed by atoms with Gasteiger partial charge in [0.05, 0.1) is 12.3 Å². The number of rotatable bonds is 5. The van der Waals surface area contributed by atoms with Crippen molar-refractivity contribution in [3.8, 4) is 0 Å². The van der Waals surface area contributed by atoms with Crippen LogP contribution < -0.4 is 4.90 Å². The summed E-state index contributed by atoms with van der Waals surface area (Å²) >= 11 is 1.51. The molecule has 0 bridgehead atoms. The van der Waals surface area contributed by atoms with E-state index in [2.05, 4.69) is 4.98 Å². The van der Waals surface area contributed by atoms with Gasteiger partial charge in [0.15, 0.2) is 9.84 Å². The molecule has 0 spiro atoms. The number of benzene rings is 1.